The van der Waals surface area contributed by atoms with Crippen molar-refractivity contribution >= 4 is 39.5 Å². The van der Waals surface area contributed by atoms with Gasteiger partial charge in [0.25, 0.3) is 0 Å². The lowest BCUT2D eigenvalue weighted by molar-refractivity contribution is 0.427. The van der Waals surface area contributed by atoms with E-state index in [2.05, 4.69) is 20.9 Å². The van der Waals surface area contributed by atoms with Crippen molar-refractivity contribution in [2.75, 3.05) is 0 Å². The van der Waals surface area contributed by atoms with E-state index >= 15 is 0 Å². The maximum atomic E-state index is 10.1. The van der Waals surface area contributed by atoms with E-state index in [1.54, 1.807) is 24.9 Å². The minimum absolute atomic E-state index is 0.0731. The highest BCUT2D eigenvalue weighted by molar-refractivity contribution is 9.10. The van der Waals surface area contributed by atoms with E-state index in [9.17, 15) is 5.11 Å². The Morgan fingerprint density at radius 3 is 2.70 bits per heavy atom. The third kappa shape index (κ3) is 1.84. The molecule has 1 aliphatic heterocycles. The van der Waals surface area contributed by atoms with E-state index < -0.39 is 0 Å². The number of benzene rings is 1. The molecule has 1 aliphatic rings. The Bertz CT molecular complexity index is 826. The number of hydrogen-bond acceptors (Lipinski definition) is 3. The van der Waals surface area contributed by atoms with Crippen molar-refractivity contribution in [1.29, 1.82) is 5.41 Å². The number of fused-ring (bicyclic) bond motifs is 1. The number of aromatic nitrogens is 2. The SMILES string of the molecule is Cn1c(O)c(/C=C2\C=Nc3cc(Br)ccc32)n(C)c1=N. The number of nitrogens with one attached hydrogen (secondary N) is 1. The van der Waals surface area contributed by atoms with Crippen LogP contribution in [0, 0.1) is 5.41 Å². The molecule has 2 N–H and O–H groups in total. The van der Waals surface area contributed by atoms with Crippen molar-refractivity contribution in [3.63, 3.8) is 0 Å². The zero-order chi connectivity index (χ0) is 14.4. The quantitative estimate of drug-likeness (QED) is 0.828. The van der Waals surface area contributed by atoms with E-state index in [0.29, 0.717) is 5.69 Å². The van der Waals surface area contributed by atoms with E-state index in [1.807, 2.05) is 24.3 Å². The fourth-order valence-electron chi connectivity index (χ4n) is 2.25. The first-order chi connectivity index (χ1) is 9.49. The van der Waals surface area contributed by atoms with E-state index in [-0.39, 0.29) is 11.5 Å². The van der Waals surface area contributed by atoms with Crippen LogP contribution in [-0.2, 0) is 14.1 Å². The predicted octanol–water partition coefficient (Wildman–Crippen LogP) is 2.57. The summed E-state index contributed by atoms with van der Waals surface area (Å²) in [6.45, 7) is 0. The van der Waals surface area contributed by atoms with E-state index in [1.165, 1.54) is 4.57 Å². The van der Waals surface area contributed by atoms with Crippen molar-refractivity contribution in [2.24, 2.45) is 19.1 Å². The van der Waals surface area contributed by atoms with Crippen LogP contribution in [0.25, 0.3) is 11.6 Å². The van der Waals surface area contributed by atoms with Gasteiger partial charge in [-0.2, -0.15) is 0 Å². The highest BCUT2D eigenvalue weighted by Gasteiger charge is 2.16. The Labute approximate surface area is 124 Å². The standard InChI is InChI=1S/C14H13BrN4O/c1-18-12(13(20)19(2)14(18)16)5-8-7-17-11-6-9(15)3-4-10(8)11/h3-7,16,20H,1-2H3/b8-5+,16-14?. The summed E-state index contributed by atoms with van der Waals surface area (Å²) in [7, 11) is 3.41. The topological polar surface area (TPSA) is 66.3 Å². The lowest BCUT2D eigenvalue weighted by atomic mass is 10.1. The molecule has 1 aromatic heterocycles. The fourth-order valence-corrected chi connectivity index (χ4v) is 2.60. The molecule has 2 aromatic rings. The number of hydrogen-bond donors (Lipinski definition) is 2. The molecule has 0 saturated heterocycles. The first kappa shape index (κ1) is 12.9. The second-order valence-corrected chi connectivity index (χ2v) is 5.59. The molecule has 0 aliphatic carbocycles. The zero-order valence-electron chi connectivity index (χ0n) is 11.1. The van der Waals surface area contributed by atoms with Gasteiger partial charge in [-0.3, -0.25) is 15.0 Å². The molecule has 0 atom stereocenters. The van der Waals surface area contributed by atoms with Crippen LogP contribution >= 0.6 is 15.9 Å². The lowest BCUT2D eigenvalue weighted by Gasteiger charge is -2.01. The van der Waals surface area contributed by atoms with Gasteiger partial charge in [0.2, 0.25) is 11.5 Å². The number of imidazole rings is 1. The molecule has 0 fully saturated rings. The maximum Gasteiger partial charge on any atom is 0.218 e. The average Bonchev–Trinajstić information content (AvgIpc) is 2.90. The number of aromatic hydroxyl groups is 1. The normalized spacial score (nSPS) is 15.1. The minimum atomic E-state index is 0.0731. The zero-order valence-corrected chi connectivity index (χ0v) is 12.6. The minimum Gasteiger partial charge on any atom is -0.493 e. The van der Waals surface area contributed by atoms with Crippen molar-refractivity contribution in [1.82, 2.24) is 9.13 Å². The fraction of sp³-hybridized carbons (Fsp3) is 0.143. The third-order valence-corrected chi connectivity index (χ3v) is 3.94. The van der Waals surface area contributed by atoms with E-state index in [4.69, 9.17) is 5.41 Å². The molecule has 6 heteroatoms. The average molecular weight is 333 g/mol. The smallest absolute Gasteiger partial charge is 0.218 e. The summed E-state index contributed by atoms with van der Waals surface area (Å²) in [5.74, 6) is 0.0731. The largest absolute Gasteiger partial charge is 0.493 e. The summed E-state index contributed by atoms with van der Waals surface area (Å²) in [5.41, 5.74) is 3.66. The van der Waals surface area contributed by atoms with Gasteiger partial charge in [-0.25, -0.2) is 0 Å². The van der Waals surface area contributed by atoms with Crippen molar-refractivity contribution in [3.05, 3.63) is 39.5 Å². The first-order valence-corrected chi connectivity index (χ1v) is 6.83. The van der Waals surface area contributed by atoms with Crippen LogP contribution in [0.4, 0.5) is 5.69 Å². The molecule has 0 radical (unpaired) electrons. The predicted molar refractivity (Wildman–Crippen MR) is 82.1 cm³/mol. The van der Waals surface area contributed by atoms with Crippen LogP contribution < -0.4 is 5.62 Å². The van der Waals surface area contributed by atoms with Gasteiger partial charge in [0.15, 0.2) is 0 Å². The van der Waals surface area contributed by atoms with Gasteiger partial charge in [-0.15, -0.1) is 0 Å². The number of rotatable bonds is 1. The number of nitrogens with zero attached hydrogens (tertiary/aromatic N) is 3. The van der Waals surface area contributed by atoms with Gasteiger partial charge in [-0.05, 0) is 18.2 Å². The van der Waals surface area contributed by atoms with Crippen LogP contribution in [0.3, 0.4) is 0 Å². The van der Waals surface area contributed by atoms with Crippen molar-refractivity contribution in [3.8, 4) is 5.88 Å². The van der Waals surface area contributed by atoms with Gasteiger partial charge < -0.3 is 9.67 Å². The van der Waals surface area contributed by atoms with Crippen LogP contribution in [0.1, 0.15) is 11.3 Å². The number of aliphatic imine (C=N–C) groups is 1. The molecular weight excluding hydrogens is 320 g/mol. The molecule has 0 bridgehead atoms. The Morgan fingerprint density at radius 1 is 1.30 bits per heavy atom. The molecule has 0 spiro atoms. The Hall–Kier alpha value is -2.08. The Morgan fingerprint density at radius 2 is 2.05 bits per heavy atom. The summed E-state index contributed by atoms with van der Waals surface area (Å²) < 4.78 is 4.05. The molecule has 20 heavy (non-hydrogen) atoms. The van der Waals surface area contributed by atoms with Gasteiger partial charge >= 0.3 is 0 Å². The van der Waals surface area contributed by atoms with Crippen LogP contribution in [-0.4, -0.2) is 20.5 Å². The molecule has 2 heterocycles. The molecule has 3 rings (SSSR count). The van der Waals surface area contributed by atoms with Gasteiger partial charge in [0, 0.05) is 35.9 Å². The van der Waals surface area contributed by atoms with Gasteiger partial charge in [0.1, 0.15) is 5.69 Å². The summed E-state index contributed by atoms with van der Waals surface area (Å²) in [5, 5.41) is 17.9. The first-order valence-electron chi connectivity index (χ1n) is 6.04. The van der Waals surface area contributed by atoms with Gasteiger partial charge in [-0.1, -0.05) is 22.0 Å². The molecule has 5 nitrogen and oxygen atoms in total. The van der Waals surface area contributed by atoms with E-state index in [0.717, 1.165) is 21.3 Å². The monoisotopic (exact) mass is 332 g/mol. The summed E-state index contributed by atoms with van der Waals surface area (Å²) in [6.07, 6.45) is 3.61. The molecule has 0 saturated carbocycles. The second-order valence-electron chi connectivity index (χ2n) is 4.67. The second kappa shape index (κ2) is 4.49. The van der Waals surface area contributed by atoms with Crippen LogP contribution in [0.5, 0.6) is 5.88 Å². The number of allylic oxidation sites excluding steroid dienone is 1. The maximum absolute atomic E-state index is 10.1. The number of halogens is 1. The molecular formula is C14H13BrN4O. The summed E-state index contributed by atoms with van der Waals surface area (Å²) >= 11 is 3.42. The van der Waals surface area contributed by atoms with Crippen molar-refractivity contribution in [2.45, 2.75) is 0 Å². The Balaban J connectivity index is 2.16. The molecule has 0 amide bonds. The third-order valence-electron chi connectivity index (χ3n) is 3.45. The summed E-state index contributed by atoms with van der Waals surface area (Å²) in [4.78, 5) is 4.36. The molecule has 1 aromatic carbocycles. The lowest BCUT2D eigenvalue weighted by Crippen LogP contribution is -2.20. The highest BCUT2D eigenvalue weighted by Crippen LogP contribution is 2.35. The van der Waals surface area contributed by atoms with Crippen LogP contribution in [0.2, 0.25) is 0 Å². The van der Waals surface area contributed by atoms with Gasteiger partial charge in [0.05, 0.1) is 5.69 Å². The summed E-state index contributed by atoms with van der Waals surface area (Å²) in [6, 6.07) is 5.90. The van der Waals surface area contributed by atoms with Crippen molar-refractivity contribution < 1.29 is 5.11 Å². The highest BCUT2D eigenvalue weighted by atomic mass is 79.9. The Kier molecular flexibility index (Phi) is 2.90. The van der Waals surface area contributed by atoms with Crippen LogP contribution in [0.15, 0.2) is 27.7 Å². The molecule has 102 valence electrons. The molecule has 0 unspecified atom stereocenters.